The Morgan fingerprint density at radius 3 is 2.04 bits per heavy atom. The standard InChI is InChI=1S/C22H21N/c1-3-16(2)17-12-14-18(15-13-17)23-21-10-6-4-8-19(21)20-9-5-7-11-22(20)23/h4-12,14-15H,3,13H2,1-2H3. The average molecular weight is 299 g/mol. The van der Waals surface area contributed by atoms with E-state index in [2.05, 4.69) is 85.2 Å². The summed E-state index contributed by atoms with van der Waals surface area (Å²) in [5.41, 5.74) is 6.78. The highest BCUT2D eigenvalue weighted by Crippen LogP contribution is 2.33. The van der Waals surface area contributed by atoms with Gasteiger partial charge in [0.2, 0.25) is 0 Å². The summed E-state index contributed by atoms with van der Waals surface area (Å²) in [6.07, 6.45) is 9.05. The van der Waals surface area contributed by atoms with E-state index in [0.717, 1.165) is 12.8 Å². The molecule has 4 rings (SSSR count). The molecule has 1 aliphatic rings. The minimum atomic E-state index is 1.02. The summed E-state index contributed by atoms with van der Waals surface area (Å²) in [6.45, 7) is 4.46. The molecule has 1 nitrogen and oxygen atoms in total. The quantitative estimate of drug-likeness (QED) is 0.521. The summed E-state index contributed by atoms with van der Waals surface area (Å²) < 4.78 is 2.39. The lowest BCUT2D eigenvalue weighted by molar-refractivity contribution is 1.04. The monoisotopic (exact) mass is 299 g/mol. The molecule has 114 valence electrons. The van der Waals surface area contributed by atoms with Gasteiger partial charge < -0.3 is 4.57 Å². The van der Waals surface area contributed by atoms with Gasteiger partial charge in [-0.25, -0.2) is 0 Å². The van der Waals surface area contributed by atoms with Crippen molar-refractivity contribution in [3.05, 3.63) is 77.9 Å². The molecule has 0 fully saturated rings. The van der Waals surface area contributed by atoms with Crippen LogP contribution >= 0.6 is 0 Å². The van der Waals surface area contributed by atoms with Crippen molar-refractivity contribution in [1.82, 2.24) is 4.57 Å². The Bertz CT molecular complexity index is 926. The first-order valence-corrected chi connectivity index (χ1v) is 8.35. The van der Waals surface area contributed by atoms with Gasteiger partial charge in [-0.1, -0.05) is 61.0 Å². The Kier molecular flexibility index (Phi) is 3.42. The van der Waals surface area contributed by atoms with Gasteiger partial charge in [-0.15, -0.1) is 0 Å². The van der Waals surface area contributed by atoms with Crippen molar-refractivity contribution in [2.45, 2.75) is 26.7 Å². The van der Waals surface area contributed by atoms with Crippen molar-refractivity contribution in [3.63, 3.8) is 0 Å². The summed E-state index contributed by atoms with van der Waals surface area (Å²) in [6, 6.07) is 17.3. The Hall–Kier alpha value is -2.54. The Morgan fingerprint density at radius 1 is 0.913 bits per heavy atom. The number of nitrogens with zero attached hydrogens (tertiary/aromatic N) is 1. The second kappa shape index (κ2) is 5.58. The van der Waals surface area contributed by atoms with Gasteiger partial charge >= 0.3 is 0 Å². The lowest BCUT2D eigenvalue weighted by Crippen LogP contribution is -1.98. The third kappa shape index (κ3) is 2.24. The summed E-state index contributed by atoms with van der Waals surface area (Å²) in [5, 5.41) is 2.65. The van der Waals surface area contributed by atoms with E-state index in [1.54, 1.807) is 0 Å². The topological polar surface area (TPSA) is 4.93 Å². The number of hydrogen-bond donors (Lipinski definition) is 0. The van der Waals surface area contributed by atoms with Crippen LogP contribution < -0.4 is 0 Å². The number of benzene rings is 2. The molecule has 0 spiro atoms. The van der Waals surface area contributed by atoms with Gasteiger partial charge in [0.15, 0.2) is 0 Å². The van der Waals surface area contributed by atoms with Crippen molar-refractivity contribution < 1.29 is 0 Å². The first-order chi connectivity index (χ1) is 11.3. The molecule has 0 unspecified atom stereocenters. The highest BCUT2D eigenvalue weighted by molar-refractivity contribution is 6.10. The normalized spacial score (nSPS) is 16.9. The van der Waals surface area contributed by atoms with E-state index >= 15 is 0 Å². The van der Waals surface area contributed by atoms with Crippen molar-refractivity contribution in [1.29, 1.82) is 0 Å². The molecular formula is C22H21N. The second-order valence-corrected chi connectivity index (χ2v) is 6.20. The summed E-state index contributed by atoms with van der Waals surface area (Å²) in [5.74, 6) is 0. The molecule has 0 saturated carbocycles. The molecule has 0 radical (unpaired) electrons. The van der Waals surface area contributed by atoms with Crippen LogP contribution in [0, 0.1) is 0 Å². The van der Waals surface area contributed by atoms with E-state index < -0.39 is 0 Å². The fourth-order valence-corrected chi connectivity index (χ4v) is 3.45. The molecule has 0 N–H and O–H groups in total. The summed E-state index contributed by atoms with van der Waals surface area (Å²) in [4.78, 5) is 0. The smallest absolute Gasteiger partial charge is 0.0540 e. The molecule has 0 saturated heterocycles. The van der Waals surface area contributed by atoms with Crippen LogP contribution in [0.15, 0.2) is 77.9 Å². The Labute approximate surface area is 137 Å². The molecule has 3 aromatic rings. The molecule has 2 aromatic carbocycles. The molecule has 1 aromatic heterocycles. The highest BCUT2D eigenvalue weighted by Gasteiger charge is 2.13. The largest absolute Gasteiger partial charge is 0.310 e. The Balaban J connectivity index is 1.93. The molecule has 1 heteroatoms. The van der Waals surface area contributed by atoms with Crippen molar-refractivity contribution in [2.24, 2.45) is 0 Å². The van der Waals surface area contributed by atoms with Gasteiger partial charge in [0, 0.05) is 16.5 Å². The number of allylic oxidation sites excluding steroid dienone is 6. The van der Waals surface area contributed by atoms with E-state index in [-0.39, 0.29) is 0 Å². The van der Waals surface area contributed by atoms with Crippen molar-refractivity contribution in [2.75, 3.05) is 0 Å². The van der Waals surface area contributed by atoms with Crippen LogP contribution in [0.5, 0.6) is 0 Å². The van der Waals surface area contributed by atoms with Crippen LogP contribution in [0.1, 0.15) is 26.7 Å². The van der Waals surface area contributed by atoms with E-state index in [0.29, 0.717) is 0 Å². The zero-order valence-electron chi connectivity index (χ0n) is 13.7. The lowest BCUT2D eigenvalue weighted by atomic mass is 9.99. The molecule has 0 amide bonds. The number of hydrogen-bond acceptors (Lipinski definition) is 0. The number of aromatic nitrogens is 1. The highest BCUT2D eigenvalue weighted by atomic mass is 15.0. The van der Waals surface area contributed by atoms with Gasteiger partial charge in [0.1, 0.15) is 0 Å². The predicted octanol–water partition coefficient (Wildman–Crippen LogP) is 6.32. The molecule has 1 aliphatic carbocycles. The molecule has 1 heterocycles. The van der Waals surface area contributed by atoms with E-state index in [4.69, 9.17) is 0 Å². The summed E-state index contributed by atoms with van der Waals surface area (Å²) >= 11 is 0. The van der Waals surface area contributed by atoms with E-state index in [1.165, 1.54) is 38.6 Å². The second-order valence-electron chi connectivity index (χ2n) is 6.20. The zero-order chi connectivity index (χ0) is 15.8. The van der Waals surface area contributed by atoms with Gasteiger partial charge in [0.05, 0.1) is 11.0 Å². The van der Waals surface area contributed by atoms with Crippen LogP contribution in [-0.2, 0) is 0 Å². The SMILES string of the molecule is CCC(C)=C1C=CC(n2c3ccccc3c3ccccc32)=CC1. The predicted molar refractivity (Wildman–Crippen MR) is 100 cm³/mol. The van der Waals surface area contributed by atoms with Crippen molar-refractivity contribution in [3.8, 4) is 0 Å². The first-order valence-electron chi connectivity index (χ1n) is 8.35. The molecule has 0 bridgehead atoms. The summed E-state index contributed by atoms with van der Waals surface area (Å²) in [7, 11) is 0. The maximum atomic E-state index is 2.39. The van der Waals surface area contributed by atoms with E-state index in [9.17, 15) is 0 Å². The van der Waals surface area contributed by atoms with Gasteiger partial charge in [-0.2, -0.15) is 0 Å². The minimum Gasteiger partial charge on any atom is -0.310 e. The molecule has 0 atom stereocenters. The van der Waals surface area contributed by atoms with Crippen molar-refractivity contribution >= 4 is 27.5 Å². The Morgan fingerprint density at radius 2 is 1.52 bits per heavy atom. The average Bonchev–Trinajstić information content (AvgIpc) is 2.96. The fraction of sp³-hybridized carbons (Fsp3) is 0.182. The number of rotatable bonds is 2. The maximum Gasteiger partial charge on any atom is 0.0540 e. The van der Waals surface area contributed by atoms with Gasteiger partial charge in [0.25, 0.3) is 0 Å². The number of para-hydroxylation sites is 2. The van der Waals surface area contributed by atoms with Crippen LogP contribution in [-0.4, -0.2) is 4.57 Å². The molecule has 23 heavy (non-hydrogen) atoms. The van der Waals surface area contributed by atoms with Crippen LogP contribution in [0.2, 0.25) is 0 Å². The first kappa shape index (κ1) is 14.1. The fourth-order valence-electron chi connectivity index (χ4n) is 3.45. The van der Waals surface area contributed by atoms with Crippen LogP contribution in [0.4, 0.5) is 0 Å². The number of fused-ring (bicyclic) bond motifs is 3. The molecule has 0 aliphatic heterocycles. The molecular weight excluding hydrogens is 278 g/mol. The van der Waals surface area contributed by atoms with Gasteiger partial charge in [-0.05, 0) is 43.5 Å². The third-order valence-electron chi connectivity index (χ3n) is 4.90. The lowest BCUT2D eigenvalue weighted by Gasteiger charge is -2.15. The van der Waals surface area contributed by atoms with E-state index in [1.807, 2.05) is 0 Å². The third-order valence-corrected chi connectivity index (χ3v) is 4.90. The van der Waals surface area contributed by atoms with Crippen LogP contribution in [0.25, 0.3) is 27.5 Å². The van der Waals surface area contributed by atoms with Crippen LogP contribution in [0.3, 0.4) is 0 Å². The van der Waals surface area contributed by atoms with Gasteiger partial charge in [-0.3, -0.25) is 0 Å². The maximum absolute atomic E-state index is 2.39. The minimum absolute atomic E-state index is 1.02. The zero-order valence-corrected chi connectivity index (χ0v) is 13.7.